The standard InChI is InChI=1S/C18H21N3O3/c1-13-10-16(24-20-13)11-17(22)19-15-8-5-9-21(12-15)18(23)14-6-3-2-4-7-14/h2-4,6-7,10,15H,5,8-9,11-12H2,1H3,(H,19,22)/t15-/m1/s1. The van der Waals surface area contributed by atoms with Crippen LogP contribution in [0.2, 0.25) is 0 Å². The molecule has 1 fully saturated rings. The SMILES string of the molecule is Cc1cc(CC(=O)N[C@@H]2CCCN(C(=O)c3ccccc3)C2)on1. The third-order valence-corrected chi connectivity index (χ3v) is 4.11. The second-order valence-corrected chi connectivity index (χ2v) is 6.14. The molecule has 1 aromatic carbocycles. The Morgan fingerprint density at radius 1 is 1.33 bits per heavy atom. The molecule has 126 valence electrons. The van der Waals surface area contributed by atoms with Gasteiger partial charge in [0.2, 0.25) is 5.91 Å². The first-order valence-electron chi connectivity index (χ1n) is 8.17. The van der Waals surface area contributed by atoms with Crippen molar-refractivity contribution in [3.05, 3.63) is 53.4 Å². The van der Waals surface area contributed by atoms with Crippen LogP contribution in [0.4, 0.5) is 0 Å². The van der Waals surface area contributed by atoms with E-state index in [9.17, 15) is 9.59 Å². The van der Waals surface area contributed by atoms with E-state index >= 15 is 0 Å². The predicted octanol–water partition coefficient (Wildman–Crippen LogP) is 1.95. The highest BCUT2D eigenvalue weighted by molar-refractivity contribution is 5.94. The van der Waals surface area contributed by atoms with Crippen LogP contribution in [0.5, 0.6) is 0 Å². The van der Waals surface area contributed by atoms with E-state index in [4.69, 9.17) is 4.52 Å². The van der Waals surface area contributed by atoms with E-state index in [0.29, 0.717) is 17.9 Å². The first-order chi connectivity index (χ1) is 11.6. The van der Waals surface area contributed by atoms with E-state index < -0.39 is 0 Å². The van der Waals surface area contributed by atoms with E-state index in [1.54, 1.807) is 6.07 Å². The van der Waals surface area contributed by atoms with Gasteiger partial charge in [-0.05, 0) is 31.9 Å². The highest BCUT2D eigenvalue weighted by atomic mass is 16.5. The molecule has 0 spiro atoms. The van der Waals surface area contributed by atoms with Crippen molar-refractivity contribution in [1.82, 2.24) is 15.4 Å². The number of carbonyl (C=O) groups excluding carboxylic acids is 2. The van der Waals surface area contributed by atoms with Gasteiger partial charge in [-0.2, -0.15) is 0 Å². The summed E-state index contributed by atoms with van der Waals surface area (Å²) in [5, 5.41) is 6.77. The van der Waals surface area contributed by atoms with Crippen molar-refractivity contribution in [2.75, 3.05) is 13.1 Å². The molecule has 0 radical (unpaired) electrons. The van der Waals surface area contributed by atoms with Gasteiger partial charge >= 0.3 is 0 Å². The van der Waals surface area contributed by atoms with E-state index in [-0.39, 0.29) is 24.3 Å². The third-order valence-electron chi connectivity index (χ3n) is 4.11. The number of likely N-dealkylation sites (tertiary alicyclic amines) is 1. The lowest BCUT2D eigenvalue weighted by Gasteiger charge is -2.33. The van der Waals surface area contributed by atoms with Gasteiger partial charge in [0.25, 0.3) is 5.91 Å². The van der Waals surface area contributed by atoms with Crippen LogP contribution in [0.25, 0.3) is 0 Å². The lowest BCUT2D eigenvalue weighted by atomic mass is 10.0. The van der Waals surface area contributed by atoms with Crippen molar-refractivity contribution >= 4 is 11.8 Å². The van der Waals surface area contributed by atoms with Gasteiger partial charge in [0.05, 0.1) is 12.1 Å². The average molecular weight is 327 g/mol. The molecule has 6 heteroatoms. The monoisotopic (exact) mass is 327 g/mol. The second kappa shape index (κ2) is 7.29. The van der Waals surface area contributed by atoms with Crippen molar-refractivity contribution in [2.45, 2.75) is 32.2 Å². The summed E-state index contributed by atoms with van der Waals surface area (Å²) in [6.07, 6.45) is 1.93. The van der Waals surface area contributed by atoms with Gasteiger partial charge in [-0.25, -0.2) is 0 Å². The van der Waals surface area contributed by atoms with Crippen LogP contribution < -0.4 is 5.32 Å². The molecule has 0 unspecified atom stereocenters. The van der Waals surface area contributed by atoms with E-state index in [0.717, 1.165) is 25.1 Å². The fourth-order valence-electron chi connectivity index (χ4n) is 2.98. The highest BCUT2D eigenvalue weighted by Gasteiger charge is 2.25. The topological polar surface area (TPSA) is 75.4 Å². The second-order valence-electron chi connectivity index (χ2n) is 6.14. The number of amides is 2. The zero-order valence-electron chi connectivity index (χ0n) is 13.7. The van der Waals surface area contributed by atoms with Gasteiger partial charge in [0, 0.05) is 30.8 Å². The number of aryl methyl sites for hydroxylation is 1. The van der Waals surface area contributed by atoms with Gasteiger partial charge in [-0.3, -0.25) is 9.59 Å². The summed E-state index contributed by atoms with van der Waals surface area (Å²) in [5.74, 6) is 0.462. The first kappa shape index (κ1) is 16.2. The van der Waals surface area contributed by atoms with Gasteiger partial charge in [0.1, 0.15) is 5.76 Å². The molecule has 0 aliphatic carbocycles. The predicted molar refractivity (Wildman–Crippen MR) is 88.5 cm³/mol. The van der Waals surface area contributed by atoms with Crippen LogP contribution in [-0.2, 0) is 11.2 Å². The summed E-state index contributed by atoms with van der Waals surface area (Å²) in [6, 6.07) is 11.0. The minimum absolute atomic E-state index is 0.0143. The maximum Gasteiger partial charge on any atom is 0.253 e. The van der Waals surface area contributed by atoms with Crippen molar-refractivity contribution in [3.63, 3.8) is 0 Å². The zero-order valence-corrected chi connectivity index (χ0v) is 13.7. The number of nitrogens with one attached hydrogen (secondary N) is 1. The number of piperidine rings is 1. The molecule has 2 amide bonds. The van der Waals surface area contributed by atoms with Crippen LogP contribution in [0.15, 0.2) is 40.9 Å². The normalized spacial score (nSPS) is 17.5. The van der Waals surface area contributed by atoms with Crippen LogP contribution in [-0.4, -0.2) is 41.0 Å². The molecule has 3 rings (SSSR count). The van der Waals surface area contributed by atoms with Crippen LogP contribution in [0.3, 0.4) is 0 Å². The average Bonchev–Trinajstić information content (AvgIpc) is 3.00. The van der Waals surface area contributed by atoms with E-state index in [2.05, 4.69) is 10.5 Å². The molecule has 24 heavy (non-hydrogen) atoms. The number of rotatable bonds is 4. The summed E-state index contributed by atoms with van der Waals surface area (Å²) < 4.78 is 5.07. The van der Waals surface area contributed by atoms with Gasteiger partial charge in [-0.15, -0.1) is 0 Å². The van der Waals surface area contributed by atoms with Crippen LogP contribution in [0, 0.1) is 6.92 Å². The summed E-state index contributed by atoms with van der Waals surface area (Å²) in [5.41, 5.74) is 1.44. The molecule has 1 N–H and O–H groups in total. The van der Waals surface area contributed by atoms with Gasteiger partial charge < -0.3 is 14.7 Å². The Bertz CT molecular complexity index is 711. The molecule has 0 bridgehead atoms. The van der Waals surface area contributed by atoms with Crippen LogP contribution in [0.1, 0.15) is 34.7 Å². The fourth-order valence-corrected chi connectivity index (χ4v) is 2.98. The number of hydrogen-bond donors (Lipinski definition) is 1. The van der Waals surface area contributed by atoms with Gasteiger partial charge in [-0.1, -0.05) is 23.4 Å². The zero-order chi connectivity index (χ0) is 16.9. The number of carbonyl (C=O) groups is 2. The number of hydrogen-bond acceptors (Lipinski definition) is 4. The van der Waals surface area contributed by atoms with Crippen molar-refractivity contribution in [2.24, 2.45) is 0 Å². The molecule has 1 atom stereocenters. The van der Waals surface area contributed by atoms with Crippen LogP contribution >= 0.6 is 0 Å². The number of aromatic nitrogens is 1. The molecule has 1 aliphatic heterocycles. The molecule has 2 heterocycles. The Balaban J connectivity index is 1.55. The number of benzene rings is 1. The summed E-state index contributed by atoms with van der Waals surface area (Å²) in [6.45, 7) is 3.08. The Labute approximate surface area is 140 Å². The maximum atomic E-state index is 12.5. The molecular formula is C18H21N3O3. The fraction of sp³-hybridized carbons (Fsp3) is 0.389. The molecule has 0 saturated carbocycles. The Morgan fingerprint density at radius 2 is 2.12 bits per heavy atom. The molecular weight excluding hydrogens is 306 g/mol. The lowest BCUT2D eigenvalue weighted by molar-refractivity contribution is -0.121. The Hall–Kier alpha value is -2.63. The first-order valence-corrected chi connectivity index (χ1v) is 8.17. The third kappa shape index (κ3) is 4.01. The van der Waals surface area contributed by atoms with Gasteiger partial charge in [0.15, 0.2) is 0 Å². The molecule has 6 nitrogen and oxygen atoms in total. The molecule has 1 aliphatic rings. The molecule has 2 aromatic rings. The lowest BCUT2D eigenvalue weighted by Crippen LogP contribution is -2.49. The maximum absolute atomic E-state index is 12.5. The number of nitrogens with zero attached hydrogens (tertiary/aromatic N) is 2. The Morgan fingerprint density at radius 3 is 2.83 bits per heavy atom. The largest absolute Gasteiger partial charge is 0.361 e. The summed E-state index contributed by atoms with van der Waals surface area (Å²) >= 11 is 0. The van der Waals surface area contributed by atoms with Crippen molar-refractivity contribution in [3.8, 4) is 0 Å². The van der Waals surface area contributed by atoms with Crippen molar-refractivity contribution in [1.29, 1.82) is 0 Å². The molecule has 1 saturated heterocycles. The Kier molecular flexibility index (Phi) is 4.93. The van der Waals surface area contributed by atoms with Crippen molar-refractivity contribution < 1.29 is 14.1 Å². The summed E-state index contributed by atoms with van der Waals surface area (Å²) in [7, 11) is 0. The summed E-state index contributed by atoms with van der Waals surface area (Å²) in [4.78, 5) is 26.5. The minimum Gasteiger partial charge on any atom is -0.361 e. The van der Waals surface area contributed by atoms with E-state index in [1.807, 2.05) is 42.2 Å². The smallest absolute Gasteiger partial charge is 0.253 e. The quantitative estimate of drug-likeness (QED) is 0.931. The highest BCUT2D eigenvalue weighted by Crippen LogP contribution is 2.14. The van der Waals surface area contributed by atoms with E-state index in [1.165, 1.54) is 0 Å². The minimum atomic E-state index is -0.106. The molecule has 1 aromatic heterocycles.